The Morgan fingerprint density at radius 2 is 1.84 bits per heavy atom. The molecule has 0 aromatic carbocycles. The van der Waals surface area contributed by atoms with Crippen molar-refractivity contribution in [1.29, 1.82) is 5.26 Å². The third kappa shape index (κ3) is 3.91. The van der Waals surface area contributed by atoms with Crippen molar-refractivity contribution in [1.82, 2.24) is 14.7 Å². The zero-order chi connectivity index (χ0) is 22.3. The summed E-state index contributed by atoms with van der Waals surface area (Å²) < 4.78 is 38.5. The van der Waals surface area contributed by atoms with Crippen LogP contribution in [0.25, 0.3) is 0 Å². The molecule has 0 bridgehead atoms. The lowest BCUT2D eigenvalue weighted by molar-refractivity contribution is -0.134. The van der Waals surface area contributed by atoms with E-state index in [9.17, 15) is 28.0 Å². The number of fused-ring (bicyclic) bond motifs is 1. The molecule has 2 aliphatic heterocycles. The third-order valence-corrected chi connectivity index (χ3v) is 7.60. The van der Waals surface area contributed by atoms with Crippen LogP contribution in [0.15, 0.2) is 23.4 Å². The zero-order valence-corrected chi connectivity index (χ0v) is 17.9. The number of alkyl halides is 3. The predicted octanol–water partition coefficient (Wildman–Crippen LogP) is 3.33. The smallest absolute Gasteiger partial charge is 0.370 e. The van der Waals surface area contributed by atoms with Crippen LogP contribution in [0.3, 0.4) is 0 Å². The fourth-order valence-electron chi connectivity index (χ4n) is 4.92. The Hall–Kier alpha value is -2.54. The first-order chi connectivity index (χ1) is 14.7. The van der Waals surface area contributed by atoms with Gasteiger partial charge in [-0.3, -0.25) is 9.59 Å². The second-order valence-corrected chi connectivity index (χ2v) is 9.27. The van der Waals surface area contributed by atoms with Gasteiger partial charge in [0.1, 0.15) is 16.5 Å². The molecule has 1 saturated carbocycles. The molecule has 2 unspecified atom stereocenters. The van der Waals surface area contributed by atoms with Crippen LogP contribution in [-0.4, -0.2) is 65.8 Å². The van der Waals surface area contributed by atoms with Gasteiger partial charge in [0.25, 0.3) is 11.8 Å². The summed E-state index contributed by atoms with van der Waals surface area (Å²) in [6.07, 6.45) is -0.537. The van der Waals surface area contributed by atoms with Gasteiger partial charge in [-0.15, -0.1) is 11.3 Å². The van der Waals surface area contributed by atoms with E-state index in [1.807, 2.05) is 4.90 Å². The molecule has 1 saturated heterocycles. The van der Waals surface area contributed by atoms with Crippen molar-refractivity contribution in [3.8, 4) is 6.07 Å². The van der Waals surface area contributed by atoms with Crippen LogP contribution >= 0.6 is 11.3 Å². The summed E-state index contributed by atoms with van der Waals surface area (Å²) in [6, 6.07) is 4.34. The maximum Gasteiger partial charge on any atom is 0.425 e. The number of piperazine rings is 1. The number of halogens is 3. The Balaban J connectivity index is 1.50. The van der Waals surface area contributed by atoms with Gasteiger partial charge in [-0.2, -0.15) is 18.4 Å². The number of thiophene rings is 1. The molecule has 0 radical (unpaired) electrons. The molecule has 1 aliphatic carbocycles. The molecule has 0 spiro atoms. The molecule has 1 aromatic rings. The summed E-state index contributed by atoms with van der Waals surface area (Å²) in [5.41, 5.74) is 0.969. The molecular weight excluding hydrogens is 429 g/mol. The first-order valence-corrected chi connectivity index (χ1v) is 11.2. The topological polar surface area (TPSA) is 67.7 Å². The standard InChI is InChI=1S/C21H23F3N4O2S/c1-26-15-5-3-2-4-13(15)18(14(12-25)19(26)29)27-8-10-28(11-9-27)20(30)16-6-7-17(31-16)21(22,23)24/h6-7,13,15H,2-5,8-11H2,1H3. The van der Waals surface area contributed by atoms with Crippen LogP contribution in [0.4, 0.5) is 13.2 Å². The summed E-state index contributed by atoms with van der Waals surface area (Å²) in [5, 5.41) is 9.69. The average Bonchev–Trinajstić information content (AvgIpc) is 3.27. The van der Waals surface area contributed by atoms with Gasteiger partial charge in [0.05, 0.1) is 4.88 Å². The molecule has 1 aromatic heterocycles. The highest BCUT2D eigenvalue weighted by molar-refractivity contribution is 7.14. The SMILES string of the molecule is CN1C(=O)C(C#N)=C(N2CCN(C(=O)c3ccc(C(F)(F)F)s3)CC2)C2CCCCC21. The number of nitriles is 1. The lowest BCUT2D eigenvalue weighted by atomic mass is 9.77. The van der Waals surface area contributed by atoms with E-state index in [2.05, 4.69) is 6.07 Å². The van der Waals surface area contributed by atoms with Gasteiger partial charge in [-0.05, 0) is 25.0 Å². The Kier molecular flexibility index (Phi) is 5.73. The van der Waals surface area contributed by atoms with E-state index >= 15 is 0 Å². The van der Waals surface area contributed by atoms with Crippen molar-refractivity contribution in [3.05, 3.63) is 33.2 Å². The molecule has 10 heteroatoms. The van der Waals surface area contributed by atoms with Crippen molar-refractivity contribution in [2.75, 3.05) is 33.2 Å². The van der Waals surface area contributed by atoms with Gasteiger partial charge in [0.2, 0.25) is 0 Å². The summed E-state index contributed by atoms with van der Waals surface area (Å²) >= 11 is 0.457. The summed E-state index contributed by atoms with van der Waals surface area (Å²) in [6.45, 7) is 1.57. The van der Waals surface area contributed by atoms with Crippen molar-refractivity contribution in [2.45, 2.75) is 37.9 Å². The molecule has 166 valence electrons. The van der Waals surface area contributed by atoms with Crippen molar-refractivity contribution in [3.63, 3.8) is 0 Å². The molecule has 0 N–H and O–H groups in total. The number of hydrogen-bond acceptors (Lipinski definition) is 5. The monoisotopic (exact) mass is 452 g/mol. The minimum atomic E-state index is -4.46. The van der Waals surface area contributed by atoms with Crippen LogP contribution in [0.2, 0.25) is 0 Å². The largest absolute Gasteiger partial charge is 0.425 e. The highest BCUT2D eigenvalue weighted by Crippen LogP contribution is 2.40. The van der Waals surface area contributed by atoms with E-state index in [4.69, 9.17) is 0 Å². The van der Waals surface area contributed by atoms with E-state index < -0.39 is 17.0 Å². The number of rotatable bonds is 2. The second kappa shape index (κ2) is 8.19. The molecule has 6 nitrogen and oxygen atoms in total. The lowest BCUT2D eigenvalue weighted by Crippen LogP contribution is -2.55. The minimum Gasteiger partial charge on any atom is -0.370 e. The van der Waals surface area contributed by atoms with Crippen molar-refractivity contribution in [2.24, 2.45) is 5.92 Å². The van der Waals surface area contributed by atoms with Crippen LogP contribution in [-0.2, 0) is 11.0 Å². The Morgan fingerprint density at radius 1 is 1.16 bits per heavy atom. The maximum atomic E-state index is 12.8. The second-order valence-electron chi connectivity index (χ2n) is 8.19. The Bertz CT molecular complexity index is 957. The van der Waals surface area contributed by atoms with E-state index in [0.717, 1.165) is 37.4 Å². The van der Waals surface area contributed by atoms with Crippen molar-refractivity contribution >= 4 is 23.2 Å². The van der Waals surface area contributed by atoms with Gasteiger partial charge < -0.3 is 14.7 Å². The molecule has 4 rings (SSSR count). The molecular formula is C21H23F3N4O2S. The molecule has 2 amide bonds. The minimum absolute atomic E-state index is 0.0690. The number of likely N-dealkylation sites (N-methyl/N-ethyl adjacent to an activating group) is 1. The van der Waals surface area contributed by atoms with Gasteiger partial charge in [-0.25, -0.2) is 0 Å². The summed E-state index contributed by atoms with van der Waals surface area (Å²) in [5.74, 6) is -0.554. The molecule has 2 atom stereocenters. The van der Waals surface area contributed by atoms with E-state index in [0.29, 0.717) is 37.5 Å². The number of amides is 2. The first-order valence-electron chi connectivity index (χ1n) is 10.3. The lowest BCUT2D eigenvalue weighted by Gasteiger charge is -2.48. The fraction of sp³-hybridized carbons (Fsp3) is 0.571. The molecule has 31 heavy (non-hydrogen) atoms. The quantitative estimate of drug-likeness (QED) is 0.690. The third-order valence-electron chi connectivity index (χ3n) is 6.48. The van der Waals surface area contributed by atoms with Crippen molar-refractivity contribution < 1.29 is 22.8 Å². The van der Waals surface area contributed by atoms with E-state index in [1.54, 1.807) is 16.8 Å². The summed E-state index contributed by atoms with van der Waals surface area (Å²) in [4.78, 5) is 30.0. The zero-order valence-electron chi connectivity index (χ0n) is 17.1. The molecule has 3 aliphatic rings. The highest BCUT2D eigenvalue weighted by Gasteiger charge is 2.43. The molecule has 2 fully saturated rings. The Labute approximate surface area is 182 Å². The van der Waals surface area contributed by atoms with Crippen LogP contribution < -0.4 is 0 Å². The van der Waals surface area contributed by atoms with Crippen LogP contribution in [0.5, 0.6) is 0 Å². The highest BCUT2D eigenvalue weighted by atomic mass is 32.1. The summed E-state index contributed by atoms with van der Waals surface area (Å²) in [7, 11) is 1.76. The predicted molar refractivity (Wildman–Crippen MR) is 108 cm³/mol. The number of carbonyl (C=O) groups is 2. The number of hydrogen-bond donors (Lipinski definition) is 0. The number of carbonyl (C=O) groups excluding carboxylic acids is 2. The van der Waals surface area contributed by atoms with Crippen LogP contribution in [0.1, 0.15) is 40.2 Å². The normalized spacial score (nSPS) is 24.9. The van der Waals surface area contributed by atoms with Gasteiger partial charge >= 0.3 is 6.18 Å². The van der Waals surface area contributed by atoms with Gasteiger partial charge in [0, 0.05) is 50.9 Å². The van der Waals surface area contributed by atoms with E-state index in [-0.39, 0.29) is 28.3 Å². The maximum absolute atomic E-state index is 12.8. The van der Waals surface area contributed by atoms with Gasteiger partial charge in [0.15, 0.2) is 0 Å². The first kappa shape index (κ1) is 21.7. The Morgan fingerprint density at radius 3 is 2.45 bits per heavy atom. The van der Waals surface area contributed by atoms with E-state index in [1.165, 1.54) is 6.07 Å². The fourth-order valence-corrected chi connectivity index (χ4v) is 5.77. The van der Waals surface area contributed by atoms with Crippen LogP contribution in [0, 0.1) is 17.2 Å². The van der Waals surface area contributed by atoms with Gasteiger partial charge in [-0.1, -0.05) is 12.8 Å². The number of nitrogens with zero attached hydrogens (tertiary/aromatic N) is 4. The average molecular weight is 453 g/mol. The molecule has 3 heterocycles.